The minimum Gasteiger partial charge on any atom is -0.489 e. The Kier molecular flexibility index (Phi) is 8.23. The van der Waals surface area contributed by atoms with Crippen molar-refractivity contribution < 1.29 is 13.9 Å². The summed E-state index contributed by atoms with van der Waals surface area (Å²) >= 11 is 0. The Morgan fingerprint density at radius 1 is 1.25 bits per heavy atom. The van der Waals surface area contributed by atoms with Gasteiger partial charge in [0.05, 0.1) is 13.2 Å². The van der Waals surface area contributed by atoms with Gasteiger partial charge in [0.15, 0.2) is 11.6 Å². The quantitative estimate of drug-likeness (QED) is 0.846. The van der Waals surface area contributed by atoms with Crippen LogP contribution in [0.1, 0.15) is 25.8 Å². The number of benzene rings is 1. The third kappa shape index (κ3) is 6.35. The first-order valence-electron chi connectivity index (χ1n) is 7.36. The molecule has 0 N–H and O–H groups in total. The lowest BCUT2D eigenvalue weighted by molar-refractivity contribution is 0.0320. The number of hydrogen-bond donors (Lipinski definition) is 0. The summed E-state index contributed by atoms with van der Waals surface area (Å²) in [6.07, 6.45) is 1.25. The lowest BCUT2D eigenvalue weighted by Gasteiger charge is -2.26. The summed E-state index contributed by atoms with van der Waals surface area (Å²) in [6, 6.07) is 4.91. The second-order valence-corrected chi connectivity index (χ2v) is 4.94. The molecule has 1 fully saturated rings. The van der Waals surface area contributed by atoms with Crippen LogP contribution in [-0.4, -0.2) is 44.4 Å². The van der Waals surface area contributed by atoms with E-state index >= 15 is 0 Å². The molecule has 1 aromatic carbocycles. The van der Waals surface area contributed by atoms with Gasteiger partial charge in [-0.25, -0.2) is 4.39 Å². The molecule has 0 saturated carbocycles. The molecule has 0 spiro atoms. The highest BCUT2D eigenvalue weighted by atomic mass is 19.1. The van der Waals surface area contributed by atoms with E-state index in [1.165, 1.54) is 12.5 Å². The maximum Gasteiger partial charge on any atom is 0.165 e. The van der Waals surface area contributed by atoms with Crippen molar-refractivity contribution in [3.8, 4) is 5.75 Å². The molecule has 114 valence electrons. The van der Waals surface area contributed by atoms with Crippen LogP contribution in [0.5, 0.6) is 5.75 Å². The smallest absolute Gasteiger partial charge is 0.165 e. The molecule has 1 aliphatic heterocycles. The van der Waals surface area contributed by atoms with Crippen LogP contribution in [0.3, 0.4) is 0 Å². The van der Waals surface area contributed by atoms with Crippen molar-refractivity contribution in [1.29, 1.82) is 0 Å². The zero-order valence-electron chi connectivity index (χ0n) is 12.8. The fourth-order valence-corrected chi connectivity index (χ4v) is 1.83. The average Bonchev–Trinajstić information content (AvgIpc) is 2.45. The zero-order valence-corrected chi connectivity index (χ0v) is 12.8. The fraction of sp³-hybridized carbons (Fsp3) is 0.625. The van der Waals surface area contributed by atoms with E-state index in [4.69, 9.17) is 9.47 Å². The van der Waals surface area contributed by atoms with Crippen LogP contribution in [0.25, 0.3) is 0 Å². The molecule has 0 radical (unpaired) electrons. The topological polar surface area (TPSA) is 21.7 Å². The Hall–Kier alpha value is -1.13. The standard InChI is InChI=1S/C13H18FNO2.C3H8/c1-11-2-3-12(14)13(10-11)17-9-6-15-4-7-16-8-5-15;1-3-2/h2-3,10H,4-9H2,1H3;3H2,1-2H3. The largest absolute Gasteiger partial charge is 0.489 e. The van der Waals surface area contributed by atoms with Gasteiger partial charge in [-0.1, -0.05) is 26.3 Å². The molecular weight excluding hydrogens is 257 g/mol. The van der Waals surface area contributed by atoms with Crippen molar-refractivity contribution in [3.05, 3.63) is 29.6 Å². The van der Waals surface area contributed by atoms with Crippen molar-refractivity contribution in [2.75, 3.05) is 39.5 Å². The van der Waals surface area contributed by atoms with E-state index in [9.17, 15) is 4.39 Å². The zero-order chi connectivity index (χ0) is 14.8. The Morgan fingerprint density at radius 2 is 1.90 bits per heavy atom. The molecule has 1 heterocycles. The second-order valence-electron chi connectivity index (χ2n) is 4.94. The van der Waals surface area contributed by atoms with Crippen molar-refractivity contribution in [2.24, 2.45) is 0 Å². The van der Waals surface area contributed by atoms with Gasteiger partial charge in [0.2, 0.25) is 0 Å². The van der Waals surface area contributed by atoms with Crippen molar-refractivity contribution in [2.45, 2.75) is 27.2 Å². The van der Waals surface area contributed by atoms with Crippen LogP contribution in [0.2, 0.25) is 0 Å². The number of nitrogens with zero attached hydrogens (tertiary/aromatic N) is 1. The minimum absolute atomic E-state index is 0.294. The van der Waals surface area contributed by atoms with Crippen LogP contribution in [0.4, 0.5) is 4.39 Å². The van der Waals surface area contributed by atoms with Gasteiger partial charge in [-0.3, -0.25) is 4.90 Å². The number of morpholine rings is 1. The number of hydrogen-bond acceptors (Lipinski definition) is 3. The van der Waals surface area contributed by atoms with Crippen molar-refractivity contribution in [1.82, 2.24) is 4.90 Å². The molecule has 20 heavy (non-hydrogen) atoms. The summed E-state index contributed by atoms with van der Waals surface area (Å²) in [7, 11) is 0. The molecule has 1 aliphatic rings. The fourth-order valence-electron chi connectivity index (χ4n) is 1.83. The summed E-state index contributed by atoms with van der Waals surface area (Å²) in [6.45, 7) is 10.9. The van der Waals surface area contributed by atoms with Gasteiger partial charge in [0, 0.05) is 19.6 Å². The molecule has 0 bridgehead atoms. The number of halogens is 1. The van der Waals surface area contributed by atoms with Crippen LogP contribution >= 0.6 is 0 Å². The SMILES string of the molecule is CCC.Cc1ccc(F)c(OCCN2CCOCC2)c1. The normalized spacial score (nSPS) is 15.4. The Bertz CT molecular complexity index is 379. The van der Waals surface area contributed by atoms with Gasteiger partial charge in [0.1, 0.15) is 6.61 Å². The molecule has 1 aromatic rings. The van der Waals surface area contributed by atoms with E-state index < -0.39 is 0 Å². The molecule has 0 unspecified atom stereocenters. The third-order valence-electron chi connectivity index (χ3n) is 2.86. The maximum absolute atomic E-state index is 13.4. The number of aryl methyl sites for hydroxylation is 1. The number of rotatable bonds is 4. The Morgan fingerprint density at radius 3 is 2.55 bits per heavy atom. The molecule has 0 atom stereocenters. The predicted molar refractivity (Wildman–Crippen MR) is 79.9 cm³/mol. The van der Waals surface area contributed by atoms with Gasteiger partial charge < -0.3 is 9.47 Å². The third-order valence-corrected chi connectivity index (χ3v) is 2.86. The molecular formula is C16H26FNO2. The summed E-state index contributed by atoms with van der Waals surface area (Å²) in [5.41, 5.74) is 1.01. The van der Waals surface area contributed by atoms with Gasteiger partial charge >= 0.3 is 0 Å². The highest BCUT2D eigenvalue weighted by Gasteiger charge is 2.10. The van der Waals surface area contributed by atoms with E-state index in [0.29, 0.717) is 12.4 Å². The first-order valence-corrected chi connectivity index (χ1v) is 7.36. The first kappa shape index (κ1) is 16.9. The summed E-state index contributed by atoms with van der Waals surface area (Å²) < 4.78 is 24.1. The highest BCUT2D eigenvalue weighted by Crippen LogP contribution is 2.18. The summed E-state index contributed by atoms with van der Waals surface area (Å²) in [4.78, 5) is 2.26. The minimum atomic E-state index is -0.294. The molecule has 0 amide bonds. The lowest BCUT2D eigenvalue weighted by atomic mass is 10.2. The summed E-state index contributed by atoms with van der Waals surface area (Å²) in [5, 5.41) is 0. The van der Waals surface area contributed by atoms with E-state index in [-0.39, 0.29) is 5.82 Å². The summed E-state index contributed by atoms with van der Waals surface area (Å²) in [5.74, 6) is 0.0517. The van der Waals surface area contributed by atoms with Crippen LogP contribution in [0, 0.1) is 12.7 Å². The molecule has 1 saturated heterocycles. The van der Waals surface area contributed by atoms with E-state index in [2.05, 4.69) is 18.7 Å². The van der Waals surface area contributed by atoms with Gasteiger partial charge in [0.25, 0.3) is 0 Å². The molecule has 4 heteroatoms. The van der Waals surface area contributed by atoms with Gasteiger partial charge in [-0.15, -0.1) is 0 Å². The van der Waals surface area contributed by atoms with Crippen LogP contribution < -0.4 is 4.74 Å². The average molecular weight is 283 g/mol. The van der Waals surface area contributed by atoms with Crippen LogP contribution in [-0.2, 0) is 4.74 Å². The molecule has 3 nitrogen and oxygen atoms in total. The van der Waals surface area contributed by atoms with E-state index in [1.54, 1.807) is 12.1 Å². The van der Waals surface area contributed by atoms with E-state index in [1.807, 2.05) is 6.92 Å². The molecule has 0 aliphatic carbocycles. The molecule has 0 aromatic heterocycles. The predicted octanol–water partition coefficient (Wildman–Crippen LogP) is 3.26. The van der Waals surface area contributed by atoms with Gasteiger partial charge in [-0.2, -0.15) is 0 Å². The number of ether oxygens (including phenoxy) is 2. The molecule has 2 rings (SSSR count). The maximum atomic E-state index is 13.4. The van der Waals surface area contributed by atoms with Crippen LogP contribution in [0.15, 0.2) is 18.2 Å². The highest BCUT2D eigenvalue weighted by molar-refractivity contribution is 5.29. The van der Waals surface area contributed by atoms with E-state index in [0.717, 1.165) is 38.4 Å². The lowest BCUT2D eigenvalue weighted by Crippen LogP contribution is -2.38. The monoisotopic (exact) mass is 283 g/mol. The Balaban J connectivity index is 0.000000612. The van der Waals surface area contributed by atoms with Crippen molar-refractivity contribution in [3.63, 3.8) is 0 Å². The second kappa shape index (κ2) is 9.72. The first-order chi connectivity index (χ1) is 9.67. The van der Waals surface area contributed by atoms with Crippen molar-refractivity contribution >= 4 is 0 Å². The van der Waals surface area contributed by atoms with Gasteiger partial charge in [-0.05, 0) is 24.6 Å². The Labute approximate surface area is 121 Å².